The molecule has 1 aliphatic carbocycles. The highest BCUT2D eigenvalue weighted by Gasteiger charge is 2.15. The molecule has 0 N–H and O–H groups in total. The summed E-state index contributed by atoms with van der Waals surface area (Å²) in [6.07, 6.45) is 6.32. The van der Waals surface area contributed by atoms with E-state index < -0.39 is 0 Å². The maximum absolute atomic E-state index is 12.5. The number of benzene rings is 1. The van der Waals surface area contributed by atoms with E-state index in [2.05, 4.69) is 0 Å². The van der Waals surface area contributed by atoms with Crippen LogP contribution < -0.4 is 5.43 Å². The number of rotatable bonds is 0. The summed E-state index contributed by atoms with van der Waals surface area (Å²) in [6, 6.07) is 5.27. The van der Waals surface area contributed by atoms with Crippen LogP contribution >= 0.6 is 11.6 Å². The standard InChI is InChI=1S/C15H15ClO2/c16-10-7-8-14-12(9-10)15(17)11-5-3-1-2-4-6-13(11)18-14/h7-9H,1-6H2. The zero-order valence-corrected chi connectivity index (χ0v) is 10.9. The number of fused-ring (bicyclic) bond motifs is 2. The van der Waals surface area contributed by atoms with Crippen LogP contribution in [0.4, 0.5) is 0 Å². The maximum atomic E-state index is 12.5. The molecule has 1 aromatic carbocycles. The van der Waals surface area contributed by atoms with E-state index in [1.54, 1.807) is 18.2 Å². The van der Waals surface area contributed by atoms with Crippen molar-refractivity contribution in [1.29, 1.82) is 0 Å². The van der Waals surface area contributed by atoms with Gasteiger partial charge in [-0.3, -0.25) is 4.79 Å². The molecule has 1 aliphatic rings. The van der Waals surface area contributed by atoms with Crippen LogP contribution in [0.25, 0.3) is 11.0 Å². The predicted octanol–water partition coefficient (Wildman–Crippen LogP) is 4.11. The molecule has 2 aromatic rings. The van der Waals surface area contributed by atoms with Crippen molar-refractivity contribution in [3.63, 3.8) is 0 Å². The molecule has 1 aromatic heterocycles. The SMILES string of the molecule is O=c1c2c(oc3ccc(Cl)cc13)CCCCCC2. The van der Waals surface area contributed by atoms with Crippen LogP contribution in [0.1, 0.15) is 37.0 Å². The normalized spacial score (nSPS) is 16.1. The van der Waals surface area contributed by atoms with Gasteiger partial charge in [-0.25, -0.2) is 0 Å². The van der Waals surface area contributed by atoms with Crippen LogP contribution in [-0.4, -0.2) is 0 Å². The first-order valence-corrected chi connectivity index (χ1v) is 6.87. The summed E-state index contributed by atoms with van der Waals surface area (Å²) in [7, 11) is 0. The van der Waals surface area contributed by atoms with Gasteiger partial charge in [-0.15, -0.1) is 0 Å². The molecule has 2 nitrogen and oxygen atoms in total. The lowest BCUT2D eigenvalue weighted by Gasteiger charge is -2.13. The Bertz CT molecular complexity index is 643. The Morgan fingerprint density at radius 3 is 2.67 bits per heavy atom. The highest BCUT2D eigenvalue weighted by atomic mass is 35.5. The molecule has 94 valence electrons. The van der Waals surface area contributed by atoms with Crippen molar-refractivity contribution < 1.29 is 4.42 Å². The third kappa shape index (κ3) is 2.05. The van der Waals surface area contributed by atoms with E-state index >= 15 is 0 Å². The highest BCUT2D eigenvalue weighted by molar-refractivity contribution is 6.31. The Balaban J connectivity index is 2.26. The Morgan fingerprint density at radius 1 is 1.06 bits per heavy atom. The molecule has 0 unspecified atom stereocenters. The second kappa shape index (κ2) is 4.77. The van der Waals surface area contributed by atoms with Crippen LogP contribution in [0.3, 0.4) is 0 Å². The summed E-state index contributed by atoms with van der Waals surface area (Å²) in [4.78, 5) is 12.5. The number of aryl methyl sites for hydroxylation is 1. The number of hydrogen-bond donors (Lipinski definition) is 0. The second-order valence-electron chi connectivity index (χ2n) is 4.89. The smallest absolute Gasteiger partial charge is 0.196 e. The summed E-state index contributed by atoms with van der Waals surface area (Å²) in [5, 5.41) is 1.20. The van der Waals surface area contributed by atoms with Gasteiger partial charge in [0.25, 0.3) is 0 Å². The van der Waals surface area contributed by atoms with Gasteiger partial charge in [0.1, 0.15) is 11.3 Å². The first-order valence-electron chi connectivity index (χ1n) is 6.50. The zero-order valence-electron chi connectivity index (χ0n) is 10.2. The molecule has 0 amide bonds. The summed E-state index contributed by atoms with van der Waals surface area (Å²) in [6.45, 7) is 0. The van der Waals surface area contributed by atoms with Gasteiger partial charge in [0.2, 0.25) is 0 Å². The topological polar surface area (TPSA) is 30.2 Å². The lowest BCUT2D eigenvalue weighted by Crippen LogP contribution is -2.14. The molecule has 0 spiro atoms. The monoisotopic (exact) mass is 262 g/mol. The van der Waals surface area contributed by atoms with E-state index in [1.807, 2.05) is 0 Å². The third-order valence-corrected chi connectivity index (χ3v) is 3.85. The minimum atomic E-state index is 0.107. The molecule has 0 radical (unpaired) electrons. The Labute approximate surface area is 111 Å². The first-order chi connectivity index (χ1) is 8.75. The van der Waals surface area contributed by atoms with Gasteiger partial charge in [0.05, 0.1) is 5.39 Å². The van der Waals surface area contributed by atoms with Gasteiger partial charge in [0.15, 0.2) is 5.43 Å². The second-order valence-corrected chi connectivity index (χ2v) is 5.32. The van der Waals surface area contributed by atoms with Crippen molar-refractivity contribution in [3.8, 4) is 0 Å². The lowest BCUT2D eigenvalue weighted by atomic mass is 9.97. The maximum Gasteiger partial charge on any atom is 0.196 e. The summed E-state index contributed by atoms with van der Waals surface area (Å²) in [5.41, 5.74) is 1.63. The van der Waals surface area contributed by atoms with Crippen molar-refractivity contribution in [1.82, 2.24) is 0 Å². The molecule has 0 atom stereocenters. The minimum absolute atomic E-state index is 0.107. The fourth-order valence-corrected chi connectivity index (χ4v) is 2.82. The van der Waals surface area contributed by atoms with Crippen LogP contribution in [0.15, 0.2) is 27.4 Å². The largest absolute Gasteiger partial charge is 0.461 e. The van der Waals surface area contributed by atoms with E-state index in [4.69, 9.17) is 16.0 Å². The fourth-order valence-electron chi connectivity index (χ4n) is 2.65. The molecule has 0 saturated carbocycles. The van der Waals surface area contributed by atoms with Crippen molar-refractivity contribution >= 4 is 22.6 Å². The molecular weight excluding hydrogens is 248 g/mol. The first kappa shape index (κ1) is 11.8. The molecule has 18 heavy (non-hydrogen) atoms. The van der Waals surface area contributed by atoms with Gasteiger partial charge >= 0.3 is 0 Å². The van der Waals surface area contributed by atoms with E-state index in [0.29, 0.717) is 16.0 Å². The number of halogens is 1. The Morgan fingerprint density at radius 2 is 1.83 bits per heavy atom. The average Bonchev–Trinajstić information content (AvgIpc) is 2.33. The van der Waals surface area contributed by atoms with E-state index in [-0.39, 0.29) is 5.43 Å². The van der Waals surface area contributed by atoms with Gasteiger partial charge in [-0.05, 0) is 37.5 Å². The predicted molar refractivity (Wildman–Crippen MR) is 73.4 cm³/mol. The van der Waals surface area contributed by atoms with Crippen LogP contribution in [0.5, 0.6) is 0 Å². The lowest BCUT2D eigenvalue weighted by molar-refractivity contribution is 0.487. The molecule has 0 bridgehead atoms. The molecule has 0 aliphatic heterocycles. The van der Waals surface area contributed by atoms with Crippen molar-refractivity contribution in [2.24, 2.45) is 0 Å². The van der Waals surface area contributed by atoms with Gasteiger partial charge in [0, 0.05) is 17.0 Å². The number of hydrogen-bond acceptors (Lipinski definition) is 2. The highest BCUT2D eigenvalue weighted by Crippen LogP contribution is 2.23. The third-order valence-electron chi connectivity index (χ3n) is 3.61. The summed E-state index contributed by atoms with van der Waals surface area (Å²) in [5.74, 6) is 0.884. The van der Waals surface area contributed by atoms with Crippen molar-refractivity contribution in [2.45, 2.75) is 38.5 Å². The fraction of sp³-hybridized carbons (Fsp3) is 0.400. The van der Waals surface area contributed by atoms with E-state index in [1.165, 1.54) is 12.8 Å². The summed E-state index contributed by atoms with van der Waals surface area (Å²) < 4.78 is 5.90. The minimum Gasteiger partial charge on any atom is -0.461 e. The molecule has 3 heteroatoms. The van der Waals surface area contributed by atoms with Crippen molar-refractivity contribution in [2.75, 3.05) is 0 Å². The summed E-state index contributed by atoms with van der Waals surface area (Å²) >= 11 is 5.95. The van der Waals surface area contributed by atoms with Gasteiger partial charge in [-0.2, -0.15) is 0 Å². The average molecular weight is 263 g/mol. The molecule has 3 rings (SSSR count). The molecule has 0 saturated heterocycles. The van der Waals surface area contributed by atoms with Crippen LogP contribution in [0, 0.1) is 0 Å². The van der Waals surface area contributed by atoms with E-state index in [0.717, 1.165) is 37.0 Å². The Kier molecular flexibility index (Phi) is 3.13. The van der Waals surface area contributed by atoms with E-state index in [9.17, 15) is 4.79 Å². The molecule has 0 fully saturated rings. The Hall–Kier alpha value is -1.28. The quantitative estimate of drug-likeness (QED) is 0.715. The van der Waals surface area contributed by atoms with Gasteiger partial charge in [-0.1, -0.05) is 24.4 Å². The zero-order chi connectivity index (χ0) is 12.5. The van der Waals surface area contributed by atoms with Crippen molar-refractivity contribution in [3.05, 3.63) is 44.8 Å². The van der Waals surface area contributed by atoms with Gasteiger partial charge < -0.3 is 4.42 Å². The molecule has 1 heterocycles. The van der Waals surface area contributed by atoms with Crippen LogP contribution in [0.2, 0.25) is 5.02 Å². The van der Waals surface area contributed by atoms with Crippen LogP contribution in [-0.2, 0) is 12.8 Å². The molecular formula is C15H15ClO2.